The minimum absolute atomic E-state index is 0.442. The zero-order valence-electron chi connectivity index (χ0n) is 11.7. The number of furan rings is 1. The van der Waals surface area contributed by atoms with Crippen molar-refractivity contribution in [1.29, 1.82) is 0 Å². The highest BCUT2D eigenvalue weighted by Gasteiger charge is 2.17. The summed E-state index contributed by atoms with van der Waals surface area (Å²) >= 11 is 0. The molecule has 1 saturated heterocycles. The van der Waals surface area contributed by atoms with E-state index in [-0.39, 0.29) is 0 Å². The predicted molar refractivity (Wildman–Crippen MR) is 73.9 cm³/mol. The van der Waals surface area contributed by atoms with Crippen LogP contribution in [0.2, 0.25) is 0 Å². The first-order chi connectivity index (χ1) is 9.81. The number of aromatic nitrogens is 2. The molecule has 20 heavy (non-hydrogen) atoms. The van der Waals surface area contributed by atoms with Crippen molar-refractivity contribution in [3.05, 3.63) is 24.2 Å². The van der Waals surface area contributed by atoms with Crippen molar-refractivity contribution < 1.29 is 8.94 Å². The van der Waals surface area contributed by atoms with Gasteiger partial charge in [0.05, 0.1) is 12.8 Å². The SMILES string of the molecule is CN(Cc1noc(-c2ccco2)n1)CC1CCCNC1. The topological polar surface area (TPSA) is 67.3 Å². The Labute approximate surface area is 118 Å². The van der Waals surface area contributed by atoms with Crippen LogP contribution in [0.3, 0.4) is 0 Å². The van der Waals surface area contributed by atoms with Crippen molar-refractivity contribution in [1.82, 2.24) is 20.4 Å². The zero-order chi connectivity index (χ0) is 13.8. The predicted octanol–water partition coefficient (Wildman–Crippen LogP) is 1.76. The number of hydrogen-bond donors (Lipinski definition) is 1. The molecule has 0 radical (unpaired) electrons. The lowest BCUT2D eigenvalue weighted by molar-refractivity contribution is 0.231. The fourth-order valence-corrected chi connectivity index (χ4v) is 2.65. The minimum atomic E-state index is 0.442. The Morgan fingerprint density at radius 2 is 2.45 bits per heavy atom. The molecule has 6 nitrogen and oxygen atoms in total. The van der Waals surface area contributed by atoms with Gasteiger partial charge >= 0.3 is 0 Å². The first kappa shape index (κ1) is 13.3. The van der Waals surface area contributed by atoms with Gasteiger partial charge in [-0.2, -0.15) is 4.98 Å². The molecule has 0 spiro atoms. The van der Waals surface area contributed by atoms with E-state index in [0.29, 0.717) is 29.9 Å². The van der Waals surface area contributed by atoms with Crippen LogP contribution in [0, 0.1) is 5.92 Å². The summed E-state index contributed by atoms with van der Waals surface area (Å²) in [6, 6.07) is 3.62. The van der Waals surface area contributed by atoms with E-state index in [1.807, 2.05) is 6.07 Å². The molecule has 0 amide bonds. The van der Waals surface area contributed by atoms with Crippen LogP contribution in [-0.4, -0.2) is 41.7 Å². The lowest BCUT2D eigenvalue weighted by atomic mass is 9.99. The highest BCUT2D eigenvalue weighted by atomic mass is 16.5. The van der Waals surface area contributed by atoms with Crippen LogP contribution < -0.4 is 5.32 Å². The molecule has 1 unspecified atom stereocenters. The summed E-state index contributed by atoms with van der Waals surface area (Å²) in [5.74, 6) is 2.47. The normalized spacial score (nSPS) is 19.6. The number of hydrogen-bond acceptors (Lipinski definition) is 6. The molecular formula is C14H20N4O2. The molecule has 108 valence electrons. The second-order valence-electron chi connectivity index (χ2n) is 5.40. The van der Waals surface area contributed by atoms with Crippen LogP contribution in [-0.2, 0) is 6.54 Å². The van der Waals surface area contributed by atoms with E-state index in [0.717, 1.165) is 19.6 Å². The fourth-order valence-electron chi connectivity index (χ4n) is 2.65. The average molecular weight is 276 g/mol. The van der Waals surface area contributed by atoms with E-state index in [9.17, 15) is 0 Å². The van der Waals surface area contributed by atoms with Crippen LogP contribution in [0.5, 0.6) is 0 Å². The molecule has 2 aromatic rings. The summed E-state index contributed by atoms with van der Waals surface area (Å²) in [7, 11) is 2.09. The van der Waals surface area contributed by atoms with E-state index in [4.69, 9.17) is 8.94 Å². The minimum Gasteiger partial charge on any atom is -0.459 e. The van der Waals surface area contributed by atoms with Gasteiger partial charge in [-0.05, 0) is 51.0 Å². The second kappa shape index (κ2) is 6.19. The van der Waals surface area contributed by atoms with Crippen molar-refractivity contribution in [2.75, 3.05) is 26.7 Å². The molecule has 0 aliphatic carbocycles. The third kappa shape index (κ3) is 3.26. The Bertz CT molecular complexity index is 517. The van der Waals surface area contributed by atoms with Gasteiger partial charge in [0.15, 0.2) is 11.6 Å². The van der Waals surface area contributed by atoms with Crippen LogP contribution >= 0.6 is 0 Å². The largest absolute Gasteiger partial charge is 0.459 e. The lowest BCUT2D eigenvalue weighted by Crippen LogP contribution is -2.36. The van der Waals surface area contributed by atoms with Crippen molar-refractivity contribution in [2.45, 2.75) is 19.4 Å². The third-order valence-electron chi connectivity index (χ3n) is 3.58. The fraction of sp³-hybridized carbons (Fsp3) is 0.571. The number of nitrogens with one attached hydrogen (secondary N) is 1. The van der Waals surface area contributed by atoms with Gasteiger partial charge in [0.1, 0.15) is 0 Å². The highest BCUT2D eigenvalue weighted by molar-refractivity contribution is 5.42. The first-order valence-electron chi connectivity index (χ1n) is 7.07. The number of rotatable bonds is 5. The van der Waals surface area contributed by atoms with Gasteiger partial charge in [0, 0.05) is 6.54 Å². The Morgan fingerprint density at radius 3 is 3.20 bits per heavy atom. The maximum absolute atomic E-state index is 5.24. The standard InChI is InChI=1S/C14H20N4O2/c1-18(9-11-4-2-6-15-8-11)10-13-16-14(20-17-13)12-5-3-7-19-12/h3,5,7,11,15H,2,4,6,8-10H2,1H3. The van der Waals surface area contributed by atoms with Crippen LogP contribution in [0.4, 0.5) is 0 Å². The Hall–Kier alpha value is -1.66. The van der Waals surface area contributed by atoms with Gasteiger partial charge in [0.2, 0.25) is 0 Å². The summed E-state index contributed by atoms with van der Waals surface area (Å²) < 4.78 is 10.4. The number of nitrogens with zero attached hydrogens (tertiary/aromatic N) is 3. The summed E-state index contributed by atoms with van der Waals surface area (Å²) in [5, 5.41) is 7.44. The average Bonchev–Trinajstić information content (AvgIpc) is 3.10. The Kier molecular flexibility index (Phi) is 4.13. The zero-order valence-corrected chi connectivity index (χ0v) is 11.7. The number of piperidine rings is 1. The van der Waals surface area contributed by atoms with Crippen LogP contribution in [0.15, 0.2) is 27.3 Å². The van der Waals surface area contributed by atoms with E-state index < -0.39 is 0 Å². The van der Waals surface area contributed by atoms with Gasteiger partial charge in [0.25, 0.3) is 5.89 Å². The molecular weight excluding hydrogens is 256 g/mol. The van der Waals surface area contributed by atoms with E-state index in [1.54, 1.807) is 12.3 Å². The quantitative estimate of drug-likeness (QED) is 0.897. The molecule has 0 aromatic carbocycles. The highest BCUT2D eigenvalue weighted by Crippen LogP contribution is 2.18. The van der Waals surface area contributed by atoms with Crippen LogP contribution in [0.25, 0.3) is 11.7 Å². The molecule has 6 heteroatoms. The molecule has 2 aromatic heterocycles. The molecule has 0 bridgehead atoms. The monoisotopic (exact) mass is 276 g/mol. The summed E-state index contributed by atoms with van der Waals surface area (Å²) in [5.41, 5.74) is 0. The molecule has 1 aliphatic rings. The van der Waals surface area contributed by atoms with Gasteiger partial charge in [-0.3, -0.25) is 4.90 Å². The maximum Gasteiger partial charge on any atom is 0.293 e. The van der Waals surface area contributed by atoms with Gasteiger partial charge in [-0.1, -0.05) is 5.16 Å². The van der Waals surface area contributed by atoms with Gasteiger partial charge < -0.3 is 14.3 Å². The molecule has 3 heterocycles. The Morgan fingerprint density at radius 1 is 1.50 bits per heavy atom. The lowest BCUT2D eigenvalue weighted by Gasteiger charge is -2.26. The molecule has 3 rings (SSSR count). The smallest absolute Gasteiger partial charge is 0.293 e. The maximum atomic E-state index is 5.24. The molecule has 0 saturated carbocycles. The third-order valence-corrected chi connectivity index (χ3v) is 3.58. The summed E-state index contributed by atoms with van der Waals surface area (Å²) in [6.45, 7) is 4.00. The van der Waals surface area contributed by atoms with Crippen molar-refractivity contribution in [3.63, 3.8) is 0 Å². The van der Waals surface area contributed by atoms with E-state index in [2.05, 4.69) is 27.4 Å². The van der Waals surface area contributed by atoms with Crippen molar-refractivity contribution in [2.24, 2.45) is 5.92 Å². The van der Waals surface area contributed by atoms with Gasteiger partial charge in [-0.15, -0.1) is 0 Å². The van der Waals surface area contributed by atoms with Gasteiger partial charge in [-0.25, -0.2) is 0 Å². The summed E-state index contributed by atoms with van der Waals surface area (Å²) in [4.78, 5) is 6.60. The first-order valence-corrected chi connectivity index (χ1v) is 7.07. The van der Waals surface area contributed by atoms with E-state index in [1.165, 1.54) is 12.8 Å². The second-order valence-corrected chi connectivity index (χ2v) is 5.40. The Balaban J connectivity index is 1.54. The molecule has 1 atom stereocenters. The van der Waals surface area contributed by atoms with Crippen LogP contribution in [0.1, 0.15) is 18.7 Å². The van der Waals surface area contributed by atoms with E-state index >= 15 is 0 Å². The summed E-state index contributed by atoms with van der Waals surface area (Å²) in [6.07, 6.45) is 4.16. The van der Waals surface area contributed by atoms with Crippen molar-refractivity contribution >= 4 is 0 Å². The molecule has 1 fully saturated rings. The van der Waals surface area contributed by atoms with Crippen molar-refractivity contribution in [3.8, 4) is 11.7 Å². The molecule has 1 N–H and O–H groups in total. The molecule has 1 aliphatic heterocycles.